The minimum Gasteiger partial charge on any atom is -0.476 e. The zero-order valence-electron chi connectivity index (χ0n) is 11.6. The Morgan fingerprint density at radius 3 is 2.85 bits per heavy atom. The highest BCUT2D eigenvalue weighted by atomic mass is 79.9. The van der Waals surface area contributed by atoms with Crippen LogP contribution in [0.4, 0.5) is 17.2 Å². The van der Waals surface area contributed by atoms with E-state index in [1.54, 1.807) is 6.07 Å². The predicted molar refractivity (Wildman–Crippen MR) is 86.6 cm³/mol. The molecule has 0 aliphatic carbocycles. The Balaban J connectivity index is 2.23. The summed E-state index contributed by atoms with van der Waals surface area (Å²) in [6.45, 7) is 4.69. The van der Waals surface area contributed by atoms with E-state index in [9.17, 15) is 0 Å². The van der Waals surface area contributed by atoms with Gasteiger partial charge in [-0.25, -0.2) is 0 Å². The lowest BCUT2D eigenvalue weighted by atomic mass is 10.2. The van der Waals surface area contributed by atoms with Gasteiger partial charge in [0.15, 0.2) is 0 Å². The van der Waals surface area contributed by atoms with Crippen LogP contribution in [0.5, 0.6) is 5.88 Å². The fourth-order valence-corrected chi connectivity index (χ4v) is 2.08. The van der Waals surface area contributed by atoms with Crippen molar-refractivity contribution in [3.8, 4) is 5.88 Å². The van der Waals surface area contributed by atoms with E-state index in [4.69, 9.17) is 10.5 Å². The van der Waals surface area contributed by atoms with E-state index >= 15 is 0 Å². The van der Waals surface area contributed by atoms with Crippen LogP contribution in [0.3, 0.4) is 0 Å². The highest BCUT2D eigenvalue weighted by molar-refractivity contribution is 9.10. The van der Waals surface area contributed by atoms with Crippen LogP contribution in [0.2, 0.25) is 0 Å². The molecule has 0 fully saturated rings. The fraction of sp³-hybridized carbons (Fsp3) is 0.267. The van der Waals surface area contributed by atoms with E-state index in [-0.39, 0.29) is 0 Å². The van der Waals surface area contributed by atoms with Crippen molar-refractivity contribution in [2.24, 2.45) is 0 Å². The molecule has 0 aliphatic heterocycles. The zero-order valence-corrected chi connectivity index (χ0v) is 13.2. The van der Waals surface area contributed by atoms with E-state index in [1.807, 2.05) is 38.1 Å². The monoisotopic (exact) mass is 335 g/mol. The van der Waals surface area contributed by atoms with Crippen molar-refractivity contribution in [1.29, 1.82) is 0 Å². The second kappa shape index (κ2) is 6.61. The normalized spacial score (nSPS) is 10.3. The molecule has 1 aromatic heterocycles. The number of ether oxygens (including phenoxy) is 1. The Labute approximate surface area is 127 Å². The topological polar surface area (TPSA) is 60.2 Å². The van der Waals surface area contributed by atoms with Gasteiger partial charge in [0.05, 0.1) is 12.3 Å². The summed E-state index contributed by atoms with van der Waals surface area (Å²) in [6.07, 6.45) is 0.920. The first-order valence-electron chi connectivity index (χ1n) is 6.53. The van der Waals surface area contributed by atoms with Crippen LogP contribution in [-0.4, -0.2) is 11.6 Å². The number of nitrogens with two attached hydrogens (primary N) is 1. The number of pyridine rings is 1. The first-order valence-corrected chi connectivity index (χ1v) is 7.32. The molecule has 0 saturated heterocycles. The summed E-state index contributed by atoms with van der Waals surface area (Å²) in [5.41, 5.74) is 8.53. The summed E-state index contributed by atoms with van der Waals surface area (Å²) in [7, 11) is 0. The number of nitrogens with one attached hydrogen (secondary N) is 1. The van der Waals surface area contributed by atoms with E-state index in [1.165, 1.54) is 0 Å². The largest absolute Gasteiger partial charge is 0.476 e. The molecule has 0 aliphatic rings. The van der Waals surface area contributed by atoms with Gasteiger partial charge in [0.25, 0.3) is 0 Å². The molecular formula is C15H18BrN3O. The first kappa shape index (κ1) is 14.7. The highest BCUT2D eigenvalue weighted by Gasteiger charge is 2.06. The van der Waals surface area contributed by atoms with Crippen LogP contribution in [-0.2, 0) is 0 Å². The first-order chi connectivity index (χ1) is 9.61. The molecule has 0 unspecified atom stereocenters. The van der Waals surface area contributed by atoms with Crippen LogP contribution in [0.25, 0.3) is 0 Å². The second-order valence-corrected chi connectivity index (χ2v) is 5.33. The van der Waals surface area contributed by atoms with Crippen LogP contribution in [0.15, 0.2) is 34.8 Å². The molecule has 106 valence electrons. The van der Waals surface area contributed by atoms with E-state index in [0.29, 0.717) is 24.0 Å². The maximum atomic E-state index is 5.85. The van der Waals surface area contributed by atoms with Crippen LogP contribution in [0, 0.1) is 6.92 Å². The summed E-state index contributed by atoms with van der Waals surface area (Å²) in [5.74, 6) is 1.19. The fourth-order valence-electron chi connectivity index (χ4n) is 1.72. The third kappa shape index (κ3) is 3.42. The summed E-state index contributed by atoms with van der Waals surface area (Å²) in [6, 6.07) is 9.63. The number of aromatic nitrogens is 1. The van der Waals surface area contributed by atoms with Gasteiger partial charge in [-0.15, -0.1) is 0 Å². The quantitative estimate of drug-likeness (QED) is 0.856. The molecule has 0 radical (unpaired) electrons. The van der Waals surface area contributed by atoms with Crippen molar-refractivity contribution in [2.75, 3.05) is 17.7 Å². The number of rotatable bonds is 5. The predicted octanol–water partition coefficient (Wildman–Crippen LogP) is 4.27. The summed E-state index contributed by atoms with van der Waals surface area (Å²) in [4.78, 5) is 4.40. The minimum atomic E-state index is 0.476. The molecule has 4 nitrogen and oxygen atoms in total. The summed E-state index contributed by atoms with van der Waals surface area (Å²) < 4.78 is 6.59. The van der Waals surface area contributed by atoms with Gasteiger partial charge in [-0.2, -0.15) is 4.98 Å². The minimum absolute atomic E-state index is 0.476. The number of anilines is 3. The number of halogens is 1. The summed E-state index contributed by atoms with van der Waals surface area (Å²) in [5, 5.41) is 3.28. The average Bonchev–Trinajstić information content (AvgIpc) is 2.44. The average molecular weight is 336 g/mol. The van der Waals surface area contributed by atoms with Crippen LogP contribution in [0.1, 0.15) is 18.9 Å². The molecular weight excluding hydrogens is 318 g/mol. The van der Waals surface area contributed by atoms with Gasteiger partial charge < -0.3 is 15.8 Å². The smallest absolute Gasteiger partial charge is 0.239 e. The number of hydrogen-bond donors (Lipinski definition) is 2. The van der Waals surface area contributed by atoms with Gasteiger partial charge >= 0.3 is 0 Å². The number of nitrogens with zero attached hydrogens (tertiary/aromatic N) is 1. The van der Waals surface area contributed by atoms with E-state index in [0.717, 1.165) is 22.1 Å². The lowest BCUT2D eigenvalue weighted by Crippen LogP contribution is -2.03. The Morgan fingerprint density at radius 2 is 2.10 bits per heavy atom. The Morgan fingerprint density at radius 1 is 1.30 bits per heavy atom. The van der Waals surface area contributed by atoms with E-state index < -0.39 is 0 Å². The van der Waals surface area contributed by atoms with Gasteiger partial charge in [0, 0.05) is 10.2 Å². The van der Waals surface area contributed by atoms with Crippen molar-refractivity contribution in [1.82, 2.24) is 4.98 Å². The van der Waals surface area contributed by atoms with E-state index in [2.05, 4.69) is 26.2 Å². The Bertz CT molecular complexity index is 602. The van der Waals surface area contributed by atoms with Gasteiger partial charge in [0.1, 0.15) is 5.82 Å². The van der Waals surface area contributed by atoms with Crippen molar-refractivity contribution in [3.05, 3.63) is 40.4 Å². The van der Waals surface area contributed by atoms with Crippen LogP contribution < -0.4 is 15.8 Å². The molecule has 0 atom stereocenters. The molecule has 2 rings (SSSR count). The lowest BCUT2D eigenvalue weighted by molar-refractivity contribution is 0.307. The lowest BCUT2D eigenvalue weighted by Gasteiger charge is -2.12. The van der Waals surface area contributed by atoms with Crippen molar-refractivity contribution < 1.29 is 4.74 Å². The van der Waals surface area contributed by atoms with Gasteiger partial charge in [-0.3, -0.25) is 0 Å². The zero-order chi connectivity index (χ0) is 14.5. The maximum absolute atomic E-state index is 5.85. The van der Waals surface area contributed by atoms with Gasteiger partial charge in [-0.1, -0.05) is 28.9 Å². The molecule has 1 aromatic carbocycles. The summed E-state index contributed by atoms with van der Waals surface area (Å²) >= 11 is 3.51. The van der Waals surface area contributed by atoms with Crippen molar-refractivity contribution >= 4 is 33.1 Å². The molecule has 0 spiro atoms. The number of nitrogen functional groups attached to an aromatic ring is 1. The Kier molecular flexibility index (Phi) is 4.84. The molecule has 0 amide bonds. The third-order valence-corrected chi connectivity index (χ3v) is 3.72. The third-order valence-electron chi connectivity index (χ3n) is 2.86. The molecule has 5 heteroatoms. The molecule has 3 N–H and O–H groups in total. The standard InChI is InChI=1S/C15H18BrN3O/c1-3-9-20-15-12(17)7-8-14(19-15)18-13-6-4-5-11(16)10(13)2/h4-8H,3,9,17H2,1-2H3,(H,18,19). The molecule has 0 bridgehead atoms. The van der Waals surface area contributed by atoms with Crippen LogP contribution >= 0.6 is 15.9 Å². The molecule has 0 saturated carbocycles. The SMILES string of the molecule is CCCOc1nc(Nc2cccc(Br)c2C)ccc1N. The Hall–Kier alpha value is -1.75. The maximum Gasteiger partial charge on any atom is 0.239 e. The van der Waals surface area contributed by atoms with Crippen molar-refractivity contribution in [2.45, 2.75) is 20.3 Å². The number of benzene rings is 1. The van der Waals surface area contributed by atoms with Crippen molar-refractivity contribution in [3.63, 3.8) is 0 Å². The number of hydrogen-bond acceptors (Lipinski definition) is 4. The second-order valence-electron chi connectivity index (χ2n) is 4.48. The van der Waals surface area contributed by atoms with Gasteiger partial charge in [0.2, 0.25) is 5.88 Å². The molecule has 1 heterocycles. The van der Waals surface area contributed by atoms with Gasteiger partial charge in [-0.05, 0) is 43.2 Å². The molecule has 20 heavy (non-hydrogen) atoms. The highest BCUT2D eigenvalue weighted by Crippen LogP contribution is 2.28. The molecule has 2 aromatic rings.